The van der Waals surface area contributed by atoms with Gasteiger partial charge in [0.15, 0.2) is 0 Å². The summed E-state index contributed by atoms with van der Waals surface area (Å²) in [7, 11) is 3.56. The SMILES string of the molecule is CN(C)c1nc(N)nc(Nc2ccccc2F)n1. The highest BCUT2D eigenvalue weighted by atomic mass is 19.1. The van der Waals surface area contributed by atoms with Crippen molar-refractivity contribution < 1.29 is 4.39 Å². The van der Waals surface area contributed by atoms with Crippen LogP contribution in [0.5, 0.6) is 0 Å². The summed E-state index contributed by atoms with van der Waals surface area (Å²) in [5, 5.41) is 2.76. The number of nitrogen functional groups attached to an aromatic ring is 1. The van der Waals surface area contributed by atoms with E-state index in [1.165, 1.54) is 6.07 Å². The van der Waals surface area contributed by atoms with Crippen LogP contribution in [0, 0.1) is 5.82 Å². The molecule has 0 spiro atoms. The standard InChI is InChI=1S/C11H13FN6/c1-18(2)11-16-9(13)15-10(17-11)14-8-6-4-3-5-7(8)12/h3-6H,1-2H3,(H3,13,14,15,16,17). The second-order valence-corrected chi connectivity index (χ2v) is 3.82. The minimum atomic E-state index is -0.386. The van der Waals surface area contributed by atoms with E-state index >= 15 is 0 Å². The molecule has 1 heterocycles. The molecule has 0 amide bonds. The lowest BCUT2D eigenvalue weighted by Crippen LogP contribution is -2.15. The molecule has 0 fully saturated rings. The molecular formula is C11H13FN6. The molecule has 0 aliphatic heterocycles. The first-order chi connectivity index (χ1) is 8.56. The number of aromatic nitrogens is 3. The summed E-state index contributed by atoms with van der Waals surface area (Å²) < 4.78 is 13.5. The van der Waals surface area contributed by atoms with E-state index in [1.807, 2.05) is 0 Å². The van der Waals surface area contributed by atoms with Crippen LogP contribution in [0.3, 0.4) is 0 Å². The molecule has 3 N–H and O–H groups in total. The first kappa shape index (κ1) is 12.0. The zero-order valence-electron chi connectivity index (χ0n) is 10.1. The molecule has 0 radical (unpaired) electrons. The molecule has 0 atom stereocenters. The van der Waals surface area contributed by atoms with E-state index < -0.39 is 0 Å². The van der Waals surface area contributed by atoms with E-state index in [4.69, 9.17) is 5.73 Å². The topological polar surface area (TPSA) is 80.0 Å². The maximum atomic E-state index is 13.5. The van der Waals surface area contributed by atoms with Crippen LogP contribution in [0.2, 0.25) is 0 Å². The van der Waals surface area contributed by atoms with E-state index in [0.717, 1.165) is 0 Å². The summed E-state index contributed by atoms with van der Waals surface area (Å²) in [4.78, 5) is 13.6. The number of anilines is 4. The summed E-state index contributed by atoms with van der Waals surface area (Å²) >= 11 is 0. The molecule has 94 valence electrons. The van der Waals surface area contributed by atoms with Crippen molar-refractivity contribution in [3.63, 3.8) is 0 Å². The lowest BCUT2D eigenvalue weighted by Gasteiger charge is -2.12. The second-order valence-electron chi connectivity index (χ2n) is 3.82. The molecule has 1 aromatic heterocycles. The monoisotopic (exact) mass is 248 g/mol. The van der Waals surface area contributed by atoms with Gasteiger partial charge in [-0.2, -0.15) is 15.0 Å². The van der Waals surface area contributed by atoms with Crippen LogP contribution in [-0.2, 0) is 0 Å². The minimum absolute atomic E-state index is 0.0764. The number of nitrogens with two attached hydrogens (primary N) is 1. The average molecular weight is 248 g/mol. The Labute approximate surface area is 104 Å². The Morgan fingerprint density at radius 3 is 2.56 bits per heavy atom. The Hall–Kier alpha value is -2.44. The molecular weight excluding hydrogens is 235 g/mol. The number of benzene rings is 1. The van der Waals surface area contributed by atoms with Crippen molar-refractivity contribution in [1.82, 2.24) is 15.0 Å². The fourth-order valence-corrected chi connectivity index (χ4v) is 1.32. The molecule has 0 saturated heterocycles. The maximum absolute atomic E-state index is 13.5. The minimum Gasteiger partial charge on any atom is -0.368 e. The number of hydrogen-bond acceptors (Lipinski definition) is 6. The highest BCUT2D eigenvalue weighted by Crippen LogP contribution is 2.18. The van der Waals surface area contributed by atoms with E-state index in [1.54, 1.807) is 37.2 Å². The van der Waals surface area contributed by atoms with Gasteiger partial charge >= 0.3 is 0 Å². The lowest BCUT2D eigenvalue weighted by molar-refractivity contribution is 0.631. The number of hydrogen-bond donors (Lipinski definition) is 2. The molecule has 18 heavy (non-hydrogen) atoms. The van der Waals surface area contributed by atoms with E-state index in [0.29, 0.717) is 5.95 Å². The number of nitrogens with one attached hydrogen (secondary N) is 1. The zero-order valence-corrected chi connectivity index (χ0v) is 10.1. The Kier molecular flexibility index (Phi) is 3.22. The van der Waals surface area contributed by atoms with Crippen molar-refractivity contribution >= 4 is 23.5 Å². The summed E-state index contributed by atoms with van der Waals surface area (Å²) in [6.45, 7) is 0. The Balaban J connectivity index is 2.32. The van der Waals surface area contributed by atoms with Crippen molar-refractivity contribution in [2.45, 2.75) is 0 Å². The van der Waals surface area contributed by atoms with Crippen LogP contribution >= 0.6 is 0 Å². The molecule has 1 aromatic carbocycles. The van der Waals surface area contributed by atoms with Crippen molar-refractivity contribution in [2.75, 3.05) is 30.0 Å². The van der Waals surface area contributed by atoms with Crippen LogP contribution in [0.1, 0.15) is 0 Å². The van der Waals surface area contributed by atoms with E-state index in [-0.39, 0.29) is 23.4 Å². The lowest BCUT2D eigenvalue weighted by atomic mass is 10.3. The largest absolute Gasteiger partial charge is 0.368 e. The maximum Gasteiger partial charge on any atom is 0.233 e. The third kappa shape index (κ3) is 2.62. The van der Waals surface area contributed by atoms with Crippen molar-refractivity contribution in [1.29, 1.82) is 0 Å². The molecule has 0 saturated carbocycles. The Morgan fingerprint density at radius 2 is 1.89 bits per heavy atom. The number of halogens is 1. The third-order valence-electron chi connectivity index (χ3n) is 2.16. The van der Waals surface area contributed by atoms with Crippen LogP contribution in [0.25, 0.3) is 0 Å². The van der Waals surface area contributed by atoms with Gasteiger partial charge in [-0.15, -0.1) is 0 Å². The van der Waals surface area contributed by atoms with Gasteiger partial charge in [0.1, 0.15) is 5.82 Å². The normalized spacial score (nSPS) is 10.2. The van der Waals surface area contributed by atoms with Gasteiger partial charge in [-0.25, -0.2) is 4.39 Å². The van der Waals surface area contributed by atoms with Gasteiger partial charge in [0.2, 0.25) is 17.8 Å². The Morgan fingerprint density at radius 1 is 1.17 bits per heavy atom. The predicted molar refractivity (Wildman–Crippen MR) is 68.2 cm³/mol. The summed E-state index contributed by atoms with van der Waals surface area (Å²) in [6.07, 6.45) is 0. The molecule has 0 aliphatic rings. The molecule has 7 heteroatoms. The van der Waals surface area contributed by atoms with Gasteiger partial charge in [0.05, 0.1) is 5.69 Å². The van der Waals surface area contributed by atoms with Gasteiger partial charge in [-0.05, 0) is 12.1 Å². The van der Waals surface area contributed by atoms with Crippen LogP contribution < -0.4 is 16.0 Å². The van der Waals surface area contributed by atoms with Gasteiger partial charge in [0.25, 0.3) is 0 Å². The average Bonchev–Trinajstić information content (AvgIpc) is 2.31. The third-order valence-corrected chi connectivity index (χ3v) is 2.16. The number of para-hydroxylation sites is 1. The Bertz CT molecular complexity index is 557. The first-order valence-corrected chi connectivity index (χ1v) is 5.26. The van der Waals surface area contributed by atoms with E-state index in [9.17, 15) is 4.39 Å². The highest BCUT2D eigenvalue weighted by molar-refractivity contribution is 5.55. The van der Waals surface area contributed by atoms with Crippen molar-refractivity contribution in [2.24, 2.45) is 0 Å². The molecule has 0 aliphatic carbocycles. The molecule has 0 unspecified atom stereocenters. The molecule has 6 nitrogen and oxygen atoms in total. The predicted octanol–water partition coefficient (Wildman–Crippen LogP) is 1.40. The fraction of sp³-hybridized carbons (Fsp3) is 0.182. The van der Waals surface area contributed by atoms with Gasteiger partial charge in [-0.3, -0.25) is 0 Å². The number of rotatable bonds is 3. The second kappa shape index (κ2) is 4.82. The summed E-state index contributed by atoms with van der Waals surface area (Å²) in [5.41, 5.74) is 5.85. The first-order valence-electron chi connectivity index (χ1n) is 5.26. The fourth-order valence-electron chi connectivity index (χ4n) is 1.32. The highest BCUT2D eigenvalue weighted by Gasteiger charge is 2.08. The van der Waals surface area contributed by atoms with E-state index in [2.05, 4.69) is 20.3 Å². The van der Waals surface area contributed by atoms with Crippen molar-refractivity contribution in [3.05, 3.63) is 30.1 Å². The van der Waals surface area contributed by atoms with Gasteiger partial charge in [0, 0.05) is 14.1 Å². The molecule has 2 aromatic rings. The van der Waals surface area contributed by atoms with Gasteiger partial charge < -0.3 is 16.0 Å². The summed E-state index contributed by atoms with van der Waals surface area (Å²) in [6, 6.07) is 6.25. The smallest absolute Gasteiger partial charge is 0.233 e. The van der Waals surface area contributed by atoms with Crippen molar-refractivity contribution in [3.8, 4) is 0 Å². The quantitative estimate of drug-likeness (QED) is 0.854. The van der Waals surface area contributed by atoms with Crippen LogP contribution in [0.15, 0.2) is 24.3 Å². The number of nitrogens with zero attached hydrogens (tertiary/aromatic N) is 4. The molecule has 0 bridgehead atoms. The zero-order chi connectivity index (χ0) is 13.1. The van der Waals surface area contributed by atoms with Crippen LogP contribution in [0.4, 0.5) is 27.9 Å². The molecule has 2 rings (SSSR count). The van der Waals surface area contributed by atoms with Gasteiger partial charge in [-0.1, -0.05) is 12.1 Å². The summed E-state index contributed by atoms with van der Waals surface area (Å²) in [5.74, 6) is 0.299. The van der Waals surface area contributed by atoms with Crippen LogP contribution in [-0.4, -0.2) is 29.0 Å².